The Labute approximate surface area is 96.8 Å². The molecule has 0 aliphatic rings. The van der Waals surface area contributed by atoms with Gasteiger partial charge in [-0.15, -0.1) is 11.3 Å². The molecule has 0 saturated heterocycles. The molecule has 0 radical (unpaired) electrons. The third-order valence-corrected chi connectivity index (χ3v) is 3.11. The molecule has 3 aromatic rings. The van der Waals surface area contributed by atoms with Crippen molar-refractivity contribution in [2.24, 2.45) is 0 Å². The van der Waals surface area contributed by atoms with E-state index < -0.39 is 0 Å². The standard InChI is InChI=1S/C12H9N3S/c1-3-9(10-4-2-5-13-10)11(14-6-1)12-15-7-8-16-12/h1-8,13H. The van der Waals surface area contributed by atoms with Gasteiger partial charge in [0.2, 0.25) is 0 Å². The minimum Gasteiger partial charge on any atom is -0.361 e. The van der Waals surface area contributed by atoms with Crippen LogP contribution in [0.3, 0.4) is 0 Å². The second kappa shape index (κ2) is 3.90. The lowest BCUT2D eigenvalue weighted by Gasteiger charge is -2.03. The first-order valence-corrected chi connectivity index (χ1v) is 5.82. The molecule has 1 N–H and O–H groups in total. The van der Waals surface area contributed by atoms with Crippen LogP contribution in [0.15, 0.2) is 48.2 Å². The molecule has 0 aromatic carbocycles. The number of hydrogen-bond donors (Lipinski definition) is 1. The maximum absolute atomic E-state index is 4.41. The summed E-state index contributed by atoms with van der Waals surface area (Å²) in [7, 11) is 0. The van der Waals surface area contributed by atoms with Gasteiger partial charge in [0.15, 0.2) is 0 Å². The first-order chi connectivity index (χ1) is 7.95. The quantitative estimate of drug-likeness (QED) is 0.730. The second-order valence-corrected chi connectivity index (χ2v) is 4.22. The van der Waals surface area contributed by atoms with Crippen molar-refractivity contribution in [3.8, 4) is 22.0 Å². The molecule has 3 heterocycles. The van der Waals surface area contributed by atoms with Gasteiger partial charge in [-0.1, -0.05) is 0 Å². The zero-order valence-electron chi connectivity index (χ0n) is 8.42. The first kappa shape index (κ1) is 9.30. The summed E-state index contributed by atoms with van der Waals surface area (Å²) in [5, 5.41) is 2.91. The lowest BCUT2D eigenvalue weighted by molar-refractivity contribution is 1.28. The van der Waals surface area contributed by atoms with Gasteiger partial charge in [-0.2, -0.15) is 0 Å². The Balaban J connectivity index is 2.19. The van der Waals surface area contributed by atoms with Crippen LogP contribution in [0.2, 0.25) is 0 Å². The summed E-state index contributed by atoms with van der Waals surface area (Å²) in [5.41, 5.74) is 3.08. The van der Waals surface area contributed by atoms with E-state index in [1.807, 2.05) is 29.8 Å². The summed E-state index contributed by atoms with van der Waals surface area (Å²) < 4.78 is 0. The van der Waals surface area contributed by atoms with Crippen LogP contribution in [0.25, 0.3) is 22.0 Å². The molecule has 0 aliphatic heterocycles. The number of rotatable bonds is 2. The Bertz CT molecular complexity index is 517. The number of thiazole rings is 1. The van der Waals surface area contributed by atoms with Gasteiger partial charge in [0, 0.05) is 35.2 Å². The number of nitrogens with one attached hydrogen (secondary N) is 1. The molecule has 0 fully saturated rings. The van der Waals surface area contributed by atoms with Crippen molar-refractivity contribution in [3.05, 3.63) is 48.2 Å². The van der Waals surface area contributed by atoms with Crippen molar-refractivity contribution in [2.75, 3.05) is 0 Å². The van der Waals surface area contributed by atoms with Crippen LogP contribution in [0, 0.1) is 0 Å². The Morgan fingerprint density at radius 1 is 1.06 bits per heavy atom. The van der Waals surface area contributed by atoms with Crippen LogP contribution in [0.5, 0.6) is 0 Å². The molecule has 78 valence electrons. The second-order valence-electron chi connectivity index (χ2n) is 3.32. The van der Waals surface area contributed by atoms with Crippen molar-refractivity contribution >= 4 is 11.3 Å². The zero-order chi connectivity index (χ0) is 10.8. The summed E-state index contributed by atoms with van der Waals surface area (Å²) in [4.78, 5) is 11.9. The predicted octanol–water partition coefficient (Wildman–Crippen LogP) is 3.20. The Kier molecular flexibility index (Phi) is 2.27. The third-order valence-electron chi connectivity index (χ3n) is 2.33. The number of aromatic nitrogens is 3. The first-order valence-electron chi connectivity index (χ1n) is 4.94. The summed E-state index contributed by atoms with van der Waals surface area (Å²) in [5.74, 6) is 0. The normalized spacial score (nSPS) is 10.5. The van der Waals surface area contributed by atoms with Gasteiger partial charge in [-0.25, -0.2) is 4.98 Å². The molecular formula is C12H9N3S. The van der Waals surface area contributed by atoms with Gasteiger partial charge >= 0.3 is 0 Å². The number of hydrogen-bond acceptors (Lipinski definition) is 3. The summed E-state index contributed by atoms with van der Waals surface area (Å²) in [6.07, 6.45) is 5.50. The average Bonchev–Trinajstić information content (AvgIpc) is 3.03. The summed E-state index contributed by atoms with van der Waals surface area (Å²) in [6, 6.07) is 8.00. The fourth-order valence-electron chi connectivity index (χ4n) is 1.63. The van der Waals surface area contributed by atoms with Crippen LogP contribution in [-0.4, -0.2) is 15.0 Å². The highest BCUT2D eigenvalue weighted by molar-refractivity contribution is 7.13. The average molecular weight is 227 g/mol. The largest absolute Gasteiger partial charge is 0.361 e. The van der Waals surface area contributed by atoms with E-state index in [0.717, 1.165) is 22.0 Å². The molecule has 0 amide bonds. The van der Waals surface area contributed by atoms with Crippen LogP contribution >= 0.6 is 11.3 Å². The Morgan fingerprint density at radius 2 is 2.06 bits per heavy atom. The van der Waals surface area contributed by atoms with Gasteiger partial charge in [0.1, 0.15) is 10.7 Å². The van der Waals surface area contributed by atoms with Crippen molar-refractivity contribution in [1.82, 2.24) is 15.0 Å². The predicted molar refractivity (Wildman–Crippen MR) is 65.1 cm³/mol. The maximum atomic E-state index is 4.41. The SMILES string of the molecule is c1c[nH]c(-c2cccnc2-c2nccs2)c1. The van der Waals surface area contributed by atoms with Crippen LogP contribution in [0.4, 0.5) is 0 Å². The van der Waals surface area contributed by atoms with Crippen molar-refractivity contribution in [3.63, 3.8) is 0 Å². The maximum Gasteiger partial charge on any atom is 0.142 e. The molecule has 0 unspecified atom stereocenters. The molecule has 3 aromatic heterocycles. The van der Waals surface area contributed by atoms with Crippen LogP contribution in [0.1, 0.15) is 0 Å². The summed E-state index contributed by atoms with van der Waals surface area (Å²) in [6.45, 7) is 0. The highest BCUT2D eigenvalue weighted by Crippen LogP contribution is 2.29. The summed E-state index contributed by atoms with van der Waals surface area (Å²) >= 11 is 1.60. The van der Waals surface area contributed by atoms with E-state index in [9.17, 15) is 0 Å². The topological polar surface area (TPSA) is 41.6 Å². The minimum absolute atomic E-state index is 0.931. The smallest absolute Gasteiger partial charge is 0.142 e. The van der Waals surface area contributed by atoms with E-state index in [1.54, 1.807) is 23.7 Å². The third kappa shape index (κ3) is 1.53. The monoisotopic (exact) mass is 227 g/mol. The molecule has 4 heteroatoms. The van der Waals surface area contributed by atoms with Crippen molar-refractivity contribution in [2.45, 2.75) is 0 Å². The van der Waals surface area contributed by atoms with E-state index in [2.05, 4.69) is 21.0 Å². The van der Waals surface area contributed by atoms with E-state index in [0.29, 0.717) is 0 Å². The number of H-pyrrole nitrogens is 1. The molecule has 0 aliphatic carbocycles. The van der Waals surface area contributed by atoms with E-state index >= 15 is 0 Å². The highest BCUT2D eigenvalue weighted by atomic mass is 32.1. The Morgan fingerprint density at radius 3 is 2.81 bits per heavy atom. The van der Waals surface area contributed by atoms with Crippen LogP contribution in [-0.2, 0) is 0 Å². The lowest BCUT2D eigenvalue weighted by Crippen LogP contribution is -1.87. The number of aromatic amines is 1. The number of pyridine rings is 1. The highest BCUT2D eigenvalue weighted by Gasteiger charge is 2.10. The van der Waals surface area contributed by atoms with E-state index in [-0.39, 0.29) is 0 Å². The van der Waals surface area contributed by atoms with Gasteiger partial charge in [-0.05, 0) is 24.3 Å². The molecule has 0 atom stereocenters. The lowest BCUT2D eigenvalue weighted by atomic mass is 10.1. The molecule has 3 rings (SSSR count). The minimum atomic E-state index is 0.931. The van der Waals surface area contributed by atoms with Crippen LogP contribution < -0.4 is 0 Å². The number of nitrogens with zero attached hydrogens (tertiary/aromatic N) is 2. The van der Waals surface area contributed by atoms with Gasteiger partial charge in [-0.3, -0.25) is 4.98 Å². The fourth-order valence-corrected chi connectivity index (χ4v) is 2.28. The van der Waals surface area contributed by atoms with E-state index in [1.165, 1.54) is 0 Å². The van der Waals surface area contributed by atoms with Crippen molar-refractivity contribution in [1.29, 1.82) is 0 Å². The van der Waals surface area contributed by atoms with E-state index in [4.69, 9.17) is 0 Å². The van der Waals surface area contributed by atoms with Gasteiger partial charge in [0.05, 0.1) is 0 Å². The van der Waals surface area contributed by atoms with Crippen molar-refractivity contribution < 1.29 is 0 Å². The fraction of sp³-hybridized carbons (Fsp3) is 0. The molecule has 3 nitrogen and oxygen atoms in total. The van der Waals surface area contributed by atoms with Gasteiger partial charge < -0.3 is 4.98 Å². The molecule has 0 bridgehead atoms. The molecule has 16 heavy (non-hydrogen) atoms. The zero-order valence-corrected chi connectivity index (χ0v) is 9.24. The molecule has 0 spiro atoms. The Hall–Kier alpha value is -1.94. The molecule has 0 saturated carbocycles. The van der Waals surface area contributed by atoms with Gasteiger partial charge in [0.25, 0.3) is 0 Å². The molecular weight excluding hydrogens is 218 g/mol.